The van der Waals surface area contributed by atoms with Crippen molar-refractivity contribution in [1.82, 2.24) is 14.7 Å². The molecule has 0 bridgehead atoms. The van der Waals surface area contributed by atoms with E-state index in [1.807, 2.05) is 0 Å². The maximum absolute atomic E-state index is 11.0. The monoisotopic (exact) mass is 238 g/mol. The van der Waals surface area contributed by atoms with Crippen molar-refractivity contribution >= 4 is 5.97 Å². The van der Waals surface area contributed by atoms with E-state index in [-0.39, 0.29) is 11.6 Å². The number of piperidine rings is 1. The predicted octanol–water partition coefficient (Wildman–Crippen LogP) is 0.0414. The average molecular weight is 238 g/mol. The van der Waals surface area contributed by atoms with Crippen LogP contribution in [0.4, 0.5) is 0 Å². The van der Waals surface area contributed by atoms with Crippen LogP contribution in [0.3, 0.4) is 0 Å². The molecule has 6 heteroatoms. The number of rotatable bonds is 3. The van der Waals surface area contributed by atoms with Crippen LogP contribution in [-0.2, 0) is 13.6 Å². The Balaban J connectivity index is 2.12. The van der Waals surface area contributed by atoms with Gasteiger partial charge < -0.3 is 10.8 Å². The zero-order chi connectivity index (χ0) is 12.4. The molecular weight excluding hydrogens is 220 g/mol. The maximum Gasteiger partial charge on any atom is 0.339 e. The largest absolute Gasteiger partial charge is 0.478 e. The number of carbonyl (C=O) groups is 1. The summed E-state index contributed by atoms with van der Waals surface area (Å²) in [6.07, 6.45) is 3.52. The number of carboxylic acids is 1. The first-order chi connectivity index (χ1) is 8.08. The van der Waals surface area contributed by atoms with E-state index in [2.05, 4.69) is 10.00 Å². The van der Waals surface area contributed by atoms with Crippen molar-refractivity contribution in [3.8, 4) is 0 Å². The van der Waals surface area contributed by atoms with Crippen molar-refractivity contribution in [1.29, 1.82) is 0 Å². The molecule has 1 aliphatic rings. The number of nitrogens with zero attached hydrogens (tertiary/aromatic N) is 3. The topological polar surface area (TPSA) is 84.4 Å². The summed E-state index contributed by atoms with van der Waals surface area (Å²) >= 11 is 0. The van der Waals surface area contributed by atoms with E-state index in [9.17, 15) is 4.79 Å². The molecule has 2 heterocycles. The number of aromatic nitrogens is 2. The number of aryl methyl sites for hydroxylation is 1. The van der Waals surface area contributed by atoms with Gasteiger partial charge in [-0.1, -0.05) is 0 Å². The second kappa shape index (κ2) is 4.85. The van der Waals surface area contributed by atoms with Crippen LogP contribution in [0.1, 0.15) is 28.9 Å². The molecule has 1 saturated heterocycles. The number of aromatic carboxylic acids is 1. The molecule has 0 radical (unpaired) electrons. The molecule has 0 spiro atoms. The molecule has 0 aliphatic carbocycles. The van der Waals surface area contributed by atoms with E-state index >= 15 is 0 Å². The third-order valence-corrected chi connectivity index (χ3v) is 3.21. The molecule has 1 aromatic heterocycles. The summed E-state index contributed by atoms with van der Waals surface area (Å²) < 4.78 is 1.63. The van der Waals surface area contributed by atoms with E-state index in [0.717, 1.165) is 31.6 Å². The minimum atomic E-state index is -0.922. The molecule has 17 heavy (non-hydrogen) atoms. The molecule has 0 aromatic carbocycles. The van der Waals surface area contributed by atoms with Crippen molar-refractivity contribution in [2.45, 2.75) is 25.4 Å². The average Bonchev–Trinajstić information content (AvgIpc) is 2.61. The second-order valence-corrected chi connectivity index (χ2v) is 4.57. The highest BCUT2D eigenvalue weighted by Gasteiger charge is 2.21. The third-order valence-electron chi connectivity index (χ3n) is 3.21. The maximum atomic E-state index is 11.0. The summed E-state index contributed by atoms with van der Waals surface area (Å²) in [4.78, 5) is 13.2. The van der Waals surface area contributed by atoms with Crippen LogP contribution in [-0.4, -0.2) is 44.9 Å². The van der Waals surface area contributed by atoms with E-state index in [1.54, 1.807) is 11.7 Å². The minimum absolute atomic E-state index is 0.199. The van der Waals surface area contributed by atoms with Crippen molar-refractivity contribution in [3.05, 3.63) is 17.5 Å². The highest BCUT2D eigenvalue weighted by Crippen LogP contribution is 2.15. The predicted molar refractivity (Wildman–Crippen MR) is 62.7 cm³/mol. The Morgan fingerprint density at radius 2 is 2.47 bits per heavy atom. The Hall–Kier alpha value is -1.40. The van der Waals surface area contributed by atoms with Gasteiger partial charge in [-0.2, -0.15) is 5.10 Å². The summed E-state index contributed by atoms with van der Waals surface area (Å²) in [6.45, 7) is 2.40. The Morgan fingerprint density at radius 1 is 1.71 bits per heavy atom. The van der Waals surface area contributed by atoms with Crippen LogP contribution in [0.25, 0.3) is 0 Å². The quantitative estimate of drug-likeness (QED) is 0.776. The minimum Gasteiger partial charge on any atom is -0.478 e. The van der Waals surface area contributed by atoms with Crippen LogP contribution in [0.15, 0.2) is 6.20 Å². The normalized spacial score (nSPS) is 21.6. The lowest BCUT2D eigenvalue weighted by molar-refractivity contribution is 0.0693. The van der Waals surface area contributed by atoms with Gasteiger partial charge in [-0.15, -0.1) is 0 Å². The van der Waals surface area contributed by atoms with Crippen LogP contribution < -0.4 is 5.73 Å². The van der Waals surface area contributed by atoms with Gasteiger partial charge in [0, 0.05) is 26.2 Å². The summed E-state index contributed by atoms with van der Waals surface area (Å²) in [6, 6.07) is 0.199. The summed E-state index contributed by atoms with van der Waals surface area (Å²) in [5, 5.41) is 13.1. The van der Waals surface area contributed by atoms with Gasteiger partial charge in [0.15, 0.2) is 0 Å². The number of nitrogens with two attached hydrogens (primary N) is 1. The van der Waals surface area contributed by atoms with E-state index in [1.165, 1.54) is 6.20 Å². The molecule has 1 unspecified atom stereocenters. The zero-order valence-electron chi connectivity index (χ0n) is 9.96. The first-order valence-electron chi connectivity index (χ1n) is 5.80. The fourth-order valence-corrected chi connectivity index (χ4v) is 2.28. The van der Waals surface area contributed by atoms with Gasteiger partial charge in [-0.05, 0) is 19.4 Å². The van der Waals surface area contributed by atoms with Gasteiger partial charge in [0.25, 0.3) is 0 Å². The molecule has 0 amide bonds. The van der Waals surface area contributed by atoms with Gasteiger partial charge in [-0.25, -0.2) is 4.79 Å². The zero-order valence-corrected chi connectivity index (χ0v) is 9.96. The summed E-state index contributed by atoms with van der Waals surface area (Å²) in [7, 11) is 1.77. The lowest BCUT2D eigenvalue weighted by Gasteiger charge is -2.30. The van der Waals surface area contributed by atoms with E-state index in [4.69, 9.17) is 10.8 Å². The number of carboxylic acid groups (broad SMARTS) is 1. The van der Waals surface area contributed by atoms with E-state index in [0.29, 0.717) is 6.54 Å². The molecule has 1 atom stereocenters. The van der Waals surface area contributed by atoms with Crippen molar-refractivity contribution in [2.75, 3.05) is 13.1 Å². The third kappa shape index (κ3) is 2.65. The fourth-order valence-electron chi connectivity index (χ4n) is 2.28. The molecule has 6 nitrogen and oxygen atoms in total. The molecule has 1 aliphatic heterocycles. The molecule has 3 N–H and O–H groups in total. The lowest BCUT2D eigenvalue weighted by atomic mass is 10.1. The van der Waals surface area contributed by atoms with Gasteiger partial charge in [-0.3, -0.25) is 9.58 Å². The lowest BCUT2D eigenvalue weighted by Crippen LogP contribution is -2.42. The summed E-state index contributed by atoms with van der Waals surface area (Å²) in [5.74, 6) is -0.922. The van der Waals surface area contributed by atoms with Gasteiger partial charge >= 0.3 is 5.97 Å². The van der Waals surface area contributed by atoms with Crippen LogP contribution >= 0.6 is 0 Å². The van der Waals surface area contributed by atoms with Crippen molar-refractivity contribution in [3.63, 3.8) is 0 Å². The van der Waals surface area contributed by atoms with Gasteiger partial charge in [0.2, 0.25) is 0 Å². The first-order valence-corrected chi connectivity index (χ1v) is 5.80. The van der Waals surface area contributed by atoms with Crippen LogP contribution in [0.2, 0.25) is 0 Å². The smallest absolute Gasteiger partial charge is 0.339 e. The van der Waals surface area contributed by atoms with Crippen molar-refractivity contribution in [2.24, 2.45) is 12.8 Å². The molecule has 0 saturated carbocycles. The number of hydrogen-bond donors (Lipinski definition) is 2. The van der Waals surface area contributed by atoms with E-state index < -0.39 is 5.97 Å². The highest BCUT2D eigenvalue weighted by atomic mass is 16.4. The molecule has 94 valence electrons. The number of hydrogen-bond acceptors (Lipinski definition) is 4. The standard InChI is InChI=1S/C11H18N4O2/c1-14-10(9(5-13-14)11(16)17)7-15-4-2-3-8(12)6-15/h5,8H,2-4,6-7,12H2,1H3,(H,16,17). The Labute approximate surface area is 100 Å². The fraction of sp³-hybridized carbons (Fsp3) is 0.636. The second-order valence-electron chi connectivity index (χ2n) is 4.57. The molecule has 1 aromatic rings. The molecular formula is C11H18N4O2. The van der Waals surface area contributed by atoms with Crippen LogP contribution in [0.5, 0.6) is 0 Å². The first kappa shape index (κ1) is 12.1. The SMILES string of the molecule is Cn1ncc(C(=O)O)c1CN1CCCC(N)C1. The van der Waals surface area contributed by atoms with Crippen LogP contribution in [0, 0.1) is 0 Å². The molecule has 2 rings (SSSR count). The molecule has 1 fully saturated rings. The van der Waals surface area contributed by atoms with Gasteiger partial charge in [0.1, 0.15) is 5.56 Å². The highest BCUT2D eigenvalue weighted by molar-refractivity contribution is 5.88. The van der Waals surface area contributed by atoms with Gasteiger partial charge in [0.05, 0.1) is 11.9 Å². The van der Waals surface area contributed by atoms with Crippen molar-refractivity contribution < 1.29 is 9.90 Å². The Kier molecular flexibility index (Phi) is 3.44. The Morgan fingerprint density at radius 3 is 3.12 bits per heavy atom. The number of likely N-dealkylation sites (tertiary alicyclic amines) is 1. The Bertz CT molecular complexity index is 416. The summed E-state index contributed by atoms with van der Waals surface area (Å²) in [5.41, 5.74) is 6.94.